The van der Waals surface area contributed by atoms with Gasteiger partial charge < -0.3 is 19.1 Å². The van der Waals surface area contributed by atoms with Crippen molar-refractivity contribution in [2.45, 2.75) is 38.5 Å². The van der Waals surface area contributed by atoms with Crippen LogP contribution in [0.2, 0.25) is 5.02 Å². The summed E-state index contributed by atoms with van der Waals surface area (Å²) in [5.41, 5.74) is 3.28. The zero-order valence-corrected chi connectivity index (χ0v) is 18.0. The number of hydrogen-bond donors (Lipinski definition) is 2. The van der Waals surface area contributed by atoms with E-state index in [1.165, 1.54) is 19.3 Å². The molecule has 7 heteroatoms. The van der Waals surface area contributed by atoms with E-state index in [2.05, 4.69) is 15.5 Å². The number of aliphatic hydroxyl groups is 1. The smallest absolute Gasteiger partial charge is 0.203 e. The first kappa shape index (κ1) is 21.9. The molecule has 1 aliphatic heterocycles. The summed E-state index contributed by atoms with van der Waals surface area (Å²) in [5, 5.41) is 20.1. The first-order valence-corrected chi connectivity index (χ1v) is 10.4. The molecule has 0 aliphatic carbocycles. The van der Waals surface area contributed by atoms with Gasteiger partial charge in [-0.15, -0.1) is 12.4 Å². The van der Waals surface area contributed by atoms with Crippen LogP contribution in [0.4, 0.5) is 0 Å². The van der Waals surface area contributed by atoms with Crippen LogP contribution in [-0.2, 0) is 13.1 Å². The Hall–Kier alpha value is -1.79. The van der Waals surface area contributed by atoms with Crippen LogP contribution in [0.1, 0.15) is 30.9 Å². The van der Waals surface area contributed by atoms with E-state index in [-0.39, 0.29) is 12.4 Å². The van der Waals surface area contributed by atoms with Crippen molar-refractivity contribution in [3.8, 4) is 0 Å². The van der Waals surface area contributed by atoms with Gasteiger partial charge >= 0.3 is 0 Å². The number of benzene rings is 2. The lowest BCUT2D eigenvalue weighted by molar-refractivity contribution is 0.155. The number of rotatable bonds is 6. The third-order valence-electron chi connectivity index (χ3n) is 5.67. The summed E-state index contributed by atoms with van der Waals surface area (Å²) in [5.74, 6) is 0. The summed E-state index contributed by atoms with van der Waals surface area (Å²) in [4.78, 5) is 2.49. The highest BCUT2D eigenvalue weighted by molar-refractivity contribution is 6.30. The molecule has 3 aromatic rings. The molecular formula is C22H28Cl2N4O. The highest BCUT2D eigenvalue weighted by Crippen LogP contribution is 2.20. The lowest BCUT2D eigenvalue weighted by Crippen LogP contribution is -2.35. The van der Waals surface area contributed by atoms with Crippen molar-refractivity contribution in [2.24, 2.45) is 0 Å². The van der Waals surface area contributed by atoms with E-state index in [0.29, 0.717) is 17.2 Å². The second-order valence-electron chi connectivity index (χ2n) is 7.54. The number of para-hydroxylation sites is 2. The molecule has 2 N–H and O–H groups in total. The first-order chi connectivity index (χ1) is 13.6. The van der Waals surface area contributed by atoms with Gasteiger partial charge in [0.25, 0.3) is 0 Å². The van der Waals surface area contributed by atoms with Crippen LogP contribution in [0.3, 0.4) is 0 Å². The molecule has 0 radical (unpaired) electrons. The Balaban J connectivity index is 0.00000240. The molecule has 2 heterocycles. The van der Waals surface area contributed by atoms with Crippen molar-refractivity contribution < 1.29 is 5.11 Å². The largest absolute Gasteiger partial charge is 0.387 e. The van der Waals surface area contributed by atoms with Crippen LogP contribution < -0.4 is 5.62 Å². The molecule has 4 rings (SSSR count). The van der Waals surface area contributed by atoms with Gasteiger partial charge in [-0.1, -0.05) is 42.3 Å². The molecule has 1 aliphatic rings. The average molecular weight is 435 g/mol. The fourth-order valence-corrected chi connectivity index (χ4v) is 4.22. The quantitative estimate of drug-likeness (QED) is 0.609. The summed E-state index contributed by atoms with van der Waals surface area (Å²) >= 11 is 5.96. The Kier molecular flexibility index (Phi) is 7.41. The molecule has 0 amide bonds. The van der Waals surface area contributed by atoms with Crippen molar-refractivity contribution in [1.29, 1.82) is 5.41 Å². The Morgan fingerprint density at radius 1 is 0.897 bits per heavy atom. The molecule has 5 nitrogen and oxygen atoms in total. The SMILES string of the molecule is Cl.N=c1n(CCN2CCCCC2)c2ccccc2n1CC(O)c1ccc(Cl)cc1. The molecule has 1 unspecified atom stereocenters. The fraction of sp³-hybridized carbons (Fsp3) is 0.409. The number of imidazole rings is 1. The average Bonchev–Trinajstić information content (AvgIpc) is 2.99. The van der Waals surface area contributed by atoms with E-state index < -0.39 is 6.10 Å². The summed E-state index contributed by atoms with van der Waals surface area (Å²) in [6.07, 6.45) is 3.18. The van der Waals surface area contributed by atoms with E-state index in [4.69, 9.17) is 17.0 Å². The van der Waals surface area contributed by atoms with E-state index >= 15 is 0 Å². The minimum Gasteiger partial charge on any atom is -0.387 e. The fourth-order valence-electron chi connectivity index (χ4n) is 4.09. The monoisotopic (exact) mass is 434 g/mol. The Bertz CT molecular complexity index is 990. The predicted molar refractivity (Wildman–Crippen MR) is 120 cm³/mol. The Labute approximate surface area is 182 Å². The standard InChI is InChI=1S/C22H27ClN4O.ClH/c23-18-10-8-17(9-11-18)21(28)16-27-20-7-3-2-6-19(20)26(22(27)24)15-14-25-12-4-1-5-13-25;/h2-3,6-11,21,24,28H,1,4-5,12-16H2;1H. The van der Waals surface area contributed by atoms with Crippen LogP contribution in [0.25, 0.3) is 11.0 Å². The van der Waals surface area contributed by atoms with Crippen molar-refractivity contribution in [3.63, 3.8) is 0 Å². The molecular weight excluding hydrogens is 407 g/mol. The molecule has 1 atom stereocenters. The summed E-state index contributed by atoms with van der Waals surface area (Å²) in [6, 6.07) is 15.3. The first-order valence-electron chi connectivity index (χ1n) is 10.0. The van der Waals surface area contributed by atoms with Crippen LogP contribution in [0.5, 0.6) is 0 Å². The molecule has 156 valence electrons. The second-order valence-corrected chi connectivity index (χ2v) is 7.98. The van der Waals surface area contributed by atoms with Crippen molar-refractivity contribution >= 4 is 35.0 Å². The number of aliphatic hydroxyl groups excluding tert-OH is 1. The maximum atomic E-state index is 10.7. The van der Waals surface area contributed by atoms with Gasteiger partial charge in [0.15, 0.2) is 0 Å². The lowest BCUT2D eigenvalue weighted by atomic mass is 10.1. The molecule has 0 saturated carbocycles. The molecule has 1 fully saturated rings. The summed E-state index contributed by atoms with van der Waals surface area (Å²) < 4.78 is 3.98. The molecule has 29 heavy (non-hydrogen) atoms. The lowest BCUT2D eigenvalue weighted by Gasteiger charge is -2.26. The minimum absolute atomic E-state index is 0. The number of piperidine rings is 1. The van der Waals surface area contributed by atoms with Gasteiger partial charge in [0.1, 0.15) is 0 Å². The topological polar surface area (TPSA) is 57.2 Å². The van der Waals surface area contributed by atoms with Crippen LogP contribution in [0.15, 0.2) is 48.5 Å². The molecule has 0 bridgehead atoms. The van der Waals surface area contributed by atoms with Gasteiger partial charge in [0.05, 0.1) is 23.7 Å². The number of nitrogens with one attached hydrogen (secondary N) is 1. The van der Waals surface area contributed by atoms with E-state index in [9.17, 15) is 5.11 Å². The predicted octanol–water partition coefficient (Wildman–Crippen LogP) is 4.22. The van der Waals surface area contributed by atoms with E-state index in [1.807, 2.05) is 34.9 Å². The van der Waals surface area contributed by atoms with Crippen LogP contribution in [-0.4, -0.2) is 38.8 Å². The number of hydrogen-bond acceptors (Lipinski definition) is 3. The number of aromatic nitrogens is 2. The normalized spacial score (nSPS) is 15.9. The highest BCUT2D eigenvalue weighted by Gasteiger charge is 2.16. The van der Waals surface area contributed by atoms with Gasteiger partial charge in [-0.25, -0.2) is 0 Å². The van der Waals surface area contributed by atoms with Gasteiger partial charge in [0.2, 0.25) is 5.62 Å². The highest BCUT2D eigenvalue weighted by atomic mass is 35.5. The third kappa shape index (κ3) is 4.86. The number of halogens is 2. The van der Waals surface area contributed by atoms with Crippen molar-refractivity contribution in [3.05, 3.63) is 64.7 Å². The molecule has 0 spiro atoms. The zero-order valence-electron chi connectivity index (χ0n) is 16.4. The Morgan fingerprint density at radius 2 is 1.52 bits per heavy atom. The number of fused-ring (bicyclic) bond motifs is 1. The number of likely N-dealkylation sites (tertiary alicyclic amines) is 1. The number of nitrogens with zero attached hydrogens (tertiary/aromatic N) is 3. The maximum Gasteiger partial charge on any atom is 0.203 e. The molecule has 1 aromatic heterocycles. The zero-order chi connectivity index (χ0) is 19.5. The van der Waals surface area contributed by atoms with E-state index in [0.717, 1.165) is 42.8 Å². The molecule has 1 saturated heterocycles. The van der Waals surface area contributed by atoms with Crippen LogP contribution >= 0.6 is 24.0 Å². The van der Waals surface area contributed by atoms with Gasteiger partial charge in [-0.2, -0.15) is 0 Å². The van der Waals surface area contributed by atoms with Crippen molar-refractivity contribution in [1.82, 2.24) is 14.0 Å². The maximum absolute atomic E-state index is 10.7. The third-order valence-corrected chi connectivity index (χ3v) is 5.93. The molecule has 2 aromatic carbocycles. The van der Waals surface area contributed by atoms with Crippen LogP contribution in [0, 0.1) is 5.41 Å². The van der Waals surface area contributed by atoms with Gasteiger partial charge in [0, 0.05) is 18.1 Å². The second kappa shape index (κ2) is 9.81. The van der Waals surface area contributed by atoms with Crippen molar-refractivity contribution in [2.75, 3.05) is 19.6 Å². The van der Waals surface area contributed by atoms with Gasteiger partial charge in [-0.3, -0.25) is 5.41 Å². The summed E-state index contributed by atoms with van der Waals surface area (Å²) in [7, 11) is 0. The minimum atomic E-state index is -0.687. The Morgan fingerprint density at radius 3 is 2.17 bits per heavy atom. The van der Waals surface area contributed by atoms with E-state index in [1.54, 1.807) is 12.1 Å². The summed E-state index contributed by atoms with van der Waals surface area (Å²) in [6.45, 7) is 4.41. The van der Waals surface area contributed by atoms with Gasteiger partial charge in [-0.05, 0) is 55.8 Å².